The van der Waals surface area contributed by atoms with E-state index in [1.807, 2.05) is 18.2 Å². The molecule has 0 radical (unpaired) electrons. The highest BCUT2D eigenvalue weighted by Gasteiger charge is 1.82. The molecular formula is C11H14O. The fourth-order valence-corrected chi connectivity index (χ4v) is 0.993. The van der Waals surface area contributed by atoms with Gasteiger partial charge >= 0.3 is 0 Å². The molecule has 0 aliphatic carbocycles. The maximum absolute atomic E-state index is 8.53. The Morgan fingerprint density at radius 1 is 1.17 bits per heavy atom. The van der Waals surface area contributed by atoms with Crippen LogP contribution in [0.25, 0.3) is 6.08 Å². The fraction of sp³-hybridized carbons (Fsp3) is 0.273. The number of hydrogen-bond donors (Lipinski definition) is 1. The van der Waals surface area contributed by atoms with Gasteiger partial charge in [0.15, 0.2) is 0 Å². The third-order valence-corrected chi connectivity index (χ3v) is 1.64. The molecule has 0 fully saturated rings. The SMILES string of the molecule is OCCC/C=C\c1ccccc1. The van der Waals surface area contributed by atoms with E-state index in [9.17, 15) is 0 Å². The Balaban J connectivity index is 2.36. The Bertz CT molecular complexity index is 226. The number of aliphatic hydroxyl groups excluding tert-OH is 1. The minimum absolute atomic E-state index is 0.277. The molecule has 0 bridgehead atoms. The summed E-state index contributed by atoms with van der Waals surface area (Å²) in [6, 6.07) is 10.2. The topological polar surface area (TPSA) is 20.2 Å². The summed E-state index contributed by atoms with van der Waals surface area (Å²) in [5, 5.41) is 8.53. The number of unbranched alkanes of at least 4 members (excludes halogenated alkanes) is 1. The second kappa shape index (κ2) is 5.56. The molecule has 12 heavy (non-hydrogen) atoms. The number of rotatable bonds is 4. The van der Waals surface area contributed by atoms with Gasteiger partial charge in [-0.15, -0.1) is 0 Å². The van der Waals surface area contributed by atoms with E-state index in [4.69, 9.17) is 5.11 Å². The van der Waals surface area contributed by atoms with Crippen LogP contribution >= 0.6 is 0 Å². The second-order valence-corrected chi connectivity index (χ2v) is 2.68. The fourth-order valence-electron chi connectivity index (χ4n) is 0.993. The van der Waals surface area contributed by atoms with Crippen molar-refractivity contribution in [3.05, 3.63) is 42.0 Å². The first-order valence-corrected chi connectivity index (χ1v) is 4.26. The molecule has 0 aliphatic rings. The number of allylic oxidation sites excluding steroid dienone is 1. The zero-order valence-electron chi connectivity index (χ0n) is 7.11. The van der Waals surface area contributed by atoms with Crippen molar-refractivity contribution in [2.24, 2.45) is 0 Å². The van der Waals surface area contributed by atoms with Gasteiger partial charge in [-0.25, -0.2) is 0 Å². The molecular weight excluding hydrogens is 148 g/mol. The van der Waals surface area contributed by atoms with E-state index in [0.29, 0.717) is 0 Å². The summed E-state index contributed by atoms with van der Waals surface area (Å²) in [5.74, 6) is 0. The normalized spacial score (nSPS) is 10.8. The highest BCUT2D eigenvalue weighted by Crippen LogP contribution is 2.02. The van der Waals surface area contributed by atoms with Crippen LogP contribution in [0.4, 0.5) is 0 Å². The molecule has 0 saturated heterocycles. The van der Waals surface area contributed by atoms with Crippen LogP contribution in [-0.2, 0) is 0 Å². The molecule has 0 unspecified atom stereocenters. The van der Waals surface area contributed by atoms with Gasteiger partial charge < -0.3 is 5.11 Å². The lowest BCUT2D eigenvalue weighted by atomic mass is 10.2. The van der Waals surface area contributed by atoms with Crippen LogP contribution in [0.2, 0.25) is 0 Å². The van der Waals surface area contributed by atoms with E-state index in [0.717, 1.165) is 12.8 Å². The molecule has 1 aromatic carbocycles. The lowest BCUT2D eigenvalue weighted by molar-refractivity contribution is 0.290. The van der Waals surface area contributed by atoms with Crippen molar-refractivity contribution in [1.82, 2.24) is 0 Å². The first kappa shape index (κ1) is 9.01. The van der Waals surface area contributed by atoms with Crippen molar-refractivity contribution >= 4 is 6.08 Å². The molecule has 1 heteroatoms. The molecule has 0 amide bonds. The van der Waals surface area contributed by atoms with Crippen molar-refractivity contribution in [3.63, 3.8) is 0 Å². The summed E-state index contributed by atoms with van der Waals surface area (Å²) in [6.45, 7) is 0.277. The molecule has 0 aliphatic heterocycles. The van der Waals surface area contributed by atoms with Crippen LogP contribution in [-0.4, -0.2) is 11.7 Å². The van der Waals surface area contributed by atoms with Gasteiger partial charge in [0, 0.05) is 6.61 Å². The van der Waals surface area contributed by atoms with Gasteiger partial charge in [0.25, 0.3) is 0 Å². The van der Waals surface area contributed by atoms with Crippen molar-refractivity contribution in [2.75, 3.05) is 6.61 Å². The van der Waals surface area contributed by atoms with E-state index in [-0.39, 0.29) is 6.61 Å². The van der Waals surface area contributed by atoms with E-state index in [1.165, 1.54) is 5.56 Å². The molecule has 0 saturated carbocycles. The highest BCUT2D eigenvalue weighted by molar-refractivity contribution is 5.48. The van der Waals surface area contributed by atoms with Crippen LogP contribution in [0.5, 0.6) is 0 Å². The first-order valence-electron chi connectivity index (χ1n) is 4.26. The van der Waals surface area contributed by atoms with Crippen molar-refractivity contribution in [1.29, 1.82) is 0 Å². The smallest absolute Gasteiger partial charge is 0.0433 e. The summed E-state index contributed by atoms with van der Waals surface area (Å²) in [5.41, 5.74) is 1.22. The second-order valence-electron chi connectivity index (χ2n) is 2.68. The molecule has 0 spiro atoms. The predicted molar refractivity (Wildman–Crippen MR) is 51.8 cm³/mol. The van der Waals surface area contributed by atoms with Gasteiger partial charge in [0.2, 0.25) is 0 Å². The number of benzene rings is 1. The van der Waals surface area contributed by atoms with Crippen LogP contribution in [0, 0.1) is 0 Å². The highest BCUT2D eigenvalue weighted by atomic mass is 16.2. The minimum atomic E-state index is 0.277. The van der Waals surface area contributed by atoms with E-state index in [2.05, 4.69) is 24.3 Å². The van der Waals surface area contributed by atoms with Crippen molar-refractivity contribution in [3.8, 4) is 0 Å². The van der Waals surface area contributed by atoms with Crippen LogP contribution in [0.3, 0.4) is 0 Å². The standard InChI is InChI=1S/C11H14O/c12-10-6-2-5-9-11-7-3-1-4-8-11/h1,3-5,7-9,12H,2,6,10H2/b9-5-. The largest absolute Gasteiger partial charge is 0.396 e. The summed E-state index contributed by atoms with van der Waals surface area (Å²) in [4.78, 5) is 0. The maximum Gasteiger partial charge on any atom is 0.0433 e. The Morgan fingerprint density at radius 3 is 2.58 bits per heavy atom. The van der Waals surface area contributed by atoms with E-state index in [1.54, 1.807) is 0 Å². The van der Waals surface area contributed by atoms with Crippen LogP contribution in [0.1, 0.15) is 18.4 Å². The number of hydrogen-bond acceptors (Lipinski definition) is 1. The maximum atomic E-state index is 8.53. The average Bonchev–Trinajstić information content (AvgIpc) is 2.14. The Hall–Kier alpha value is -1.08. The van der Waals surface area contributed by atoms with Gasteiger partial charge in [-0.1, -0.05) is 42.5 Å². The number of aliphatic hydroxyl groups is 1. The average molecular weight is 162 g/mol. The zero-order chi connectivity index (χ0) is 8.65. The first-order chi connectivity index (χ1) is 5.93. The lowest BCUT2D eigenvalue weighted by Gasteiger charge is -1.91. The Kier molecular flexibility index (Phi) is 4.17. The third kappa shape index (κ3) is 3.35. The summed E-state index contributed by atoms with van der Waals surface area (Å²) >= 11 is 0. The Labute approximate surface area is 73.4 Å². The molecule has 64 valence electrons. The Morgan fingerprint density at radius 2 is 1.92 bits per heavy atom. The molecule has 0 aromatic heterocycles. The molecule has 0 heterocycles. The van der Waals surface area contributed by atoms with Gasteiger partial charge in [-0.3, -0.25) is 0 Å². The monoisotopic (exact) mass is 162 g/mol. The van der Waals surface area contributed by atoms with Gasteiger partial charge in [0.05, 0.1) is 0 Å². The molecule has 1 aromatic rings. The van der Waals surface area contributed by atoms with Gasteiger partial charge in [0.1, 0.15) is 0 Å². The minimum Gasteiger partial charge on any atom is -0.396 e. The van der Waals surface area contributed by atoms with Crippen LogP contribution < -0.4 is 0 Å². The van der Waals surface area contributed by atoms with Gasteiger partial charge in [-0.2, -0.15) is 0 Å². The molecule has 1 rings (SSSR count). The van der Waals surface area contributed by atoms with Crippen molar-refractivity contribution < 1.29 is 5.11 Å². The zero-order valence-corrected chi connectivity index (χ0v) is 7.11. The molecule has 1 N–H and O–H groups in total. The third-order valence-electron chi connectivity index (χ3n) is 1.64. The van der Waals surface area contributed by atoms with E-state index >= 15 is 0 Å². The summed E-state index contributed by atoms with van der Waals surface area (Å²) < 4.78 is 0. The summed E-state index contributed by atoms with van der Waals surface area (Å²) in [7, 11) is 0. The van der Waals surface area contributed by atoms with Crippen molar-refractivity contribution in [2.45, 2.75) is 12.8 Å². The lowest BCUT2D eigenvalue weighted by Crippen LogP contribution is -1.78. The van der Waals surface area contributed by atoms with E-state index < -0.39 is 0 Å². The predicted octanol–water partition coefficient (Wildman–Crippen LogP) is 2.47. The molecule has 1 nitrogen and oxygen atoms in total. The summed E-state index contributed by atoms with van der Waals surface area (Å²) in [6.07, 6.45) is 5.97. The quantitative estimate of drug-likeness (QED) is 0.674. The molecule has 0 atom stereocenters. The van der Waals surface area contributed by atoms with Gasteiger partial charge in [-0.05, 0) is 18.4 Å². The van der Waals surface area contributed by atoms with Crippen LogP contribution in [0.15, 0.2) is 36.4 Å².